The van der Waals surface area contributed by atoms with Crippen LogP contribution < -0.4 is 20.9 Å². The topological polar surface area (TPSA) is 105 Å². The molecule has 0 spiro atoms. The molecule has 0 bridgehead atoms. The van der Waals surface area contributed by atoms with Crippen LogP contribution in [0, 0.1) is 0 Å². The van der Waals surface area contributed by atoms with Gasteiger partial charge >= 0.3 is 11.9 Å². The van der Waals surface area contributed by atoms with Crippen LogP contribution in [0.15, 0.2) is 103 Å². The van der Waals surface area contributed by atoms with E-state index in [9.17, 15) is 9.59 Å². The Hall–Kier alpha value is -4.84. The third kappa shape index (κ3) is 5.89. The maximum absolute atomic E-state index is 12.3. The first kappa shape index (κ1) is 22.4. The molecular weight excluding hydrogens is 428 g/mol. The largest absolute Gasteiger partial charge is 0.423 e. The molecule has 6 nitrogen and oxygen atoms in total. The highest BCUT2D eigenvalue weighted by Gasteiger charge is 2.10. The molecular formula is C28H22N2O4. The van der Waals surface area contributed by atoms with Gasteiger partial charge in [0.25, 0.3) is 0 Å². The second kappa shape index (κ2) is 10.2. The van der Waals surface area contributed by atoms with E-state index in [1.54, 1.807) is 48.5 Å². The Morgan fingerprint density at radius 2 is 1.21 bits per heavy atom. The Labute approximate surface area is 197 Å². The fraction of sp³-hybridized carbons (Fsp3) is 0. The molecule has 0 amide bonds. The number of anilines is 2. The quantitative estimate of drug-likeness (QED) is 0.177. The summed E-state index contributed by atoms with van der Waals surface area (Å²) in [5.41, 5.74) is 15.3. The normalized spacial score (nSPS) is 10.7. The molecule has 4 aromatic rings. The van der Waals surface area contributed by atoms with E-state index in [4.69, 9.17) is 20.9 Å². The van der Waals surface area contributed by atoms with Gasteiger partial charge in [0.05, 0.1) is 5.56 Å². The van der Waals surface area contributed by atoms with Gasteiger partial charge in [-0.05, 0) is 65.2 Å². The van der Waals surface area contributed by atoms with E-state index >= 15 is 0 Å². The van der Waals surface area contributed by atoms with Crippen LogP contribution in [0.25, 0.3) is 17.2 Å². The van der Waals surface area contributed by atoms with Gasteiger partial charge in [-0.25, -0.2) is 9.59 Å². The van der Waals surface area contributed by atoms with Crippen LogP contribution in [-0.2, 0) is 4.79 Å². The fourth-order valence-electron chi connectivity index (χ4n) is 3.27. The van der Waals surface area contributed by atoms with Crippen molar-refractivity contribution in [2.45, 2.75) is 0 Å². The minimum atomic E-state index is -0.566. The number of benzene rings is 4. The fourth-order valence-corrected chi connectivity index (χ4v) is 3.27. The van der Waals surface area contributed by atoms with Crippen molar-refractivity contribution in [3.05, 3.63) is 114 Å². The van der Waals surface area contributed by atoms with Crippen LogP contribution in [0.5, 0.6) is 11.5 Å². The molecule has 0 atom stereocenters. The van der Waals surface area contributed by atoms with Crippen LogP contribution in [0.1, 0.15) is 15.9 Å². The van der Waals surface area contributed by atoms with Crippen molar-refractivity contribution in [1.29, 1.82) is 0 Å². The smallest absolute Gasteiger partial charge is 0.343 e. The van der Waals surface area contributed by atoms with Gasteiger partial charge in [0.1, 0.15) is 11.5 Å². The minimum absolute atomic E-state index is 0.265. The zero-order valence-electron chi connectivity index (χ0n) is 18.2. The average molecular weight is 450 g/mol. The zero-order chi connectivity index (χ0) is 23.9. The van der Waals surface area contributed by atoms with Crippen molar-refractivity contribution in [2.24, 2.45) is 0 Å². The first-order valence-electron chi connectivity index (χ1n) is 10.5. The standard InChI is InChI=1S/C28H22N2O4/c29-23-16-22(17-24(30)18-23)28(32)34-26-11-6-19(7-12-26)8-15-27(31)33-25-13-9-21(10-14-25)20-4-2-1-3-5-20/h1-18H,29-30H2/b15-8+. The lowest BCUT2D eigenvalue weighted by atomic mass is 10.1. The molecule has 168 valence electrons. The number of rotatable bonds is 6. The number of nitrogens with two attached hydrogens (primary N) is 2. The summed E-state index contributed by atoms with van der Waals surface area (Å²) < 4.78 is 10.7. The molecule has 4 rings (SSSR count). The van der Waals surface area contributed by atoms with Crippen LogP contribution in [0.4, 0.5) is 11.4 Å². The van der Waals surface area contributed by atoms with Crippen molar-refractivity contribution in [3.8, 4) is 22.6 Å². The summed E-state index contributed by atoms with van der Waals surface area (Å²) in [4.78, 5) is 24.5. The van der Waals surface area contributed by atoms with Crippen LogP contribution >= 0.6 is 0 Å². The summed E-state index contributed by atoms with van der Waals surface area (Å²) in [6, 6.07) is 28.5. The molecule has 4 N–H and O–H groups in total. The highest BCUT2D eigenvalue weighted by Crippen LogP contribution is 2.22. The molecule has 0 fully saturated rings. The maximum atomic E-state index is 12.3. The number of esters is 2. The van der Waals surface area contributed by atoms with Crippen molar-refractivity contribution < 1.29 is 19.1 Å². The molecule has 0 aliphatic heterocycles. The summed E-state index contributed by atoms with van der Waals surface area (Å²) in [6.07, 6.45) is 2.95. The number of hydrogen-bond donors (Lipinski definition) is 2. The third-order valence-electron chi connectivity index (χ3n) is 4.90. The van der Waals surface area contributed by atoms with Gasteiger partial charge in [-0.1, -0.05) is 54.6 Å². The molecule has 0 aliphatic rings. The maximum Gasteiger partial charge on any atom is 0.343 e. The predicted molar refractivity (Wildman–Crippen MR) is 133 cm³/mol. The molecule has 0 aliphatic carbocycles. The molecule has 0 saturated heterocycles. The van der Waals surface area contributed by atoms with E-state index in [2.05, 4.69) is 0 Å². The Balaban J connectivity index is 1.33. The van der Waals surface area contributed by atoms with Gasteiger partial charge in [0, 0.05) is 17.5 Å². The average Bonchev–Trinajstić information content (AvgIpc) is 2.84. The lowest BCUT2D eigenvalue weighted by Gasteiger charge is -2.06. The molecule has 4 aromatic carbocycles. The minimum Gasteiger partial charge on any atom is -0.423 e. The van der Waals surface area contributed by atoms with Gasteiger partial charge < -0.3 is 20.9 Å². The first-order valence-corrected chi connectivity index (χ1v) is 10.5. The van der Waals surface area contributed by atoms with Crippen molar-refractivity contribution >= 4 is 29.4 Å². The predicted octanol–water partition coefficient (Wildman–Crippen LogP) is 5.36. The molecule has 6 heteroatoms. The van der Waals surface area contributed by atoms with E-state index < -0.39 is 11.9 Å². The van der Waals surface area contributed by atoms with Crippen LogP contribution in [-0.4, -0.2) is 11.9 Å². The Morgan fingerprint density at radius 1 is 0.647 bits per heavy atom. The van der Waals surface area contributed by atoms with E-state index in [-0.39, 0.29) is 5.56 Å². The number of nitrogen functional groups attached to an aromatic ring is 2. The zero-order valence-corrected chi connectivity index (χ0v) is 18.2. The highest BCUT2D eigenvalue weighted by molar-refractivity contribution is 5.93. The summed E-state index contributed by atoms with van der Waals surface area (Å²) in [5, 5.41) is 0. The van der Waals surface area contributed by atoms with Gasteiger partial charge in [-0.2, -0.15) is 0 Å². The number of hydrogen-bond acceptors (Lipinski definition) is 6. The number of carbonyl (C=O) groups is 2. The molecule has 0 aromatic heterocycles. The van der Waals surface area contributed by atoms with Gasteiger partial charge in [0.15, 0.2) is 0 Å². The summed E-state index contributed by atoms with van der Waals surface area (Å²) >= 11 is 0. The lowest BCUT2D eigenvalue weighted by molar-refractivity contribution is -0.128. The Kier molecular flexibility index (Phi) is 6.70. The van der Waals surface area contributed by atoms with E-state index in [1.165, 1.54) is 18.2 Å². The molecule has 0 unspecified atom stereocenters. The van der Waals surface area contributed by atoms with Gasteiger partial charge in [0.2, 0.25) is 0 Å². The second-order valence-corrected chi connectivity index (χ2v) is 7.49. The molecule has 0 heterocycles. The third-order valence-corrected chi connectivity index (χ3v) is 4.90. The van der Waals surface area contributed by atoms with Crippen molar-refractivity contribution in [3.63, 3.8) is 0 Å². The van der Waals surface area contributed by atoms with Crippen molar-refractivity contribution in [2.75, 3.05) is 11.5 Å². The molecule has 0 radical (unpaired) electrons. The van der Waals surface area contributed by atoms with Crippen LogP contribution in [0.3, 0.4) is 0 Å². The molecule has 34 heavy (non-hydrogen) atoms. The van der Waals surface area contributed by atoms with E-state index in [1.807, 2.05) is 42.5 Å². The first-order chi connectivity index (χ1) is 16.5. The van der Waals surface area contributed by atoms with Crippen molar-refractivity contribution in [1.82, 2.24) is 0 Å². The highest BCUT2D eigenvalue weighted by atomic mass is 16.5. The summed E-state index contributed by atoms with van der Waals surface area (Å²) in [6.45, 7) is 0. The SMILES string of the molecule is Nc1cc(N)cc(C(=O)Oc2ccc(/C=C/C(=O)Oc3ccc(-c4ccccc4)cc3)cc2)c1. The van der Waals surface area contributed by atoms with Gasteiger partial charge in [-0.3, -0.25) is 0 Å². The second-order valence-electron chi connectivity index (χ2n) is 7.49. The molecule has 0 saturated carbocycles. The number of ether oxygens (including phenoxy) is 2. The van der Waals surface area contributed by atoms with Gasteiger partial charge in [-0.15, -0.1) is 0 Å². The summed E-state index contributed by atoms with van der Waals surface area (Å²) in [7, 11) is 0. The Morgan fingerprint density at radius 3 is 1.85 bits per heavy atom. The lowest BCUT2D eigenvalue weighted by Crippen LogP contribution is -2.09. The monoisotopic (exact) mass is 450 g/mol. The van der Waals surface area contributed by atoms with E-state index in [0.717, 1.165) is 16.7 Å². The Bertz CT molecular complexity index is 1310. The van der Waals surface area contributed by atoms with E-state index in [0.29, 0.717) is 22.9 Å². The van der Waals surface area contributed by atoms with Crippen LogP contribution in [0.2, 0.25) is 0 Å². The number of carbonyl (C=O) groups excluding carboxylic acids is 2. The summed E-state index contributed by atoms with van der Waals surface area (Å²) in [5.74, 6) is -0.255.